The Bertz CT molecular complexity index is 95.0. The van der Waals surface area contributed by atoms with Crippen molar-refractivity contribution in [2.75, 3.05) is 6.61 Å². The average Bonchev–Trinajstić information content (AvgIpc) is 2.17. The van der Waals surface area contributed by atoms with E-state index in [-0.39, 0.29) is 6.29 Å². The Kier molecular flexibility index (Phi) is 3.22. The molecule has 0 aromatic rings. The van der Waals surface area contributed by atoms with Crippen LogP contribution in [0.2, 0.25) is 0 Å². The summed E-state index contributed by atoms with van der Waals surface area (Å²) in [4.78, 5) is 9.76. The Morgan fingerprint density at radius 3 is 3.10 bits per heavy atom. The summed E-state index contributed by atoms with van der Waals surface area (Å²) in [5.74, 6) is 0. The molecule has 1 aliphatic heterocycles. The topological polar surface area (TPSA) is 35.5 Å². The van der Waals surface area contributed by atoms with Crippen molar-refractivity contribution in [3.63, 3.8) is 0 Å². The van der Waals surface area contributed by atoms with Crippen LogP contribution in [-0.4, -0.2) is 19.4 Å². The minimum Gasteiger partial charge on any atom is -0.427 e. The molecule has 1 atom stereocenters. The van der Waals surface area contributed by atoms with Gasteiger partial charge in [-0.15, -0.1) is 0 Å². The maximum atomic E-state index is 9.76. The Morgan fingerprint density at radius 2 is 2.30 bits per heavy atom. The standard InChI is InChI=1S/C7H11O3/c8-6-10-7-4-2-1-3-5-9-7/h7H,1-5H2. The minimum atomic E-state index is -0.333. The van der Waals surface area contributed by atoms with E-state index in [1.54, 1.807) is 0 Å². The van der Waals surface area contributed by atoms with Crippen LogP contribution in [0, 0.1) is 0 Å². The van der Waals surface area contributed by atoms with Gasteiger partial charge in [-0.05, 0) is 12.8 Å². The van der Waals surface area contributed by atoms with E-state index >= 15 is 0 Å². The largest absolute Gasteiger partial charge is 0.427 e. The second kappa shape index (κ2) is 4.28. The molecule has 3 nitrogen and oxygen atoms in total. The molecule has 10 heavy (non-hydrogen) atoms. The van der Waals surface area contributed by atoms with Crippen molar-refractivity contribution in [1.82, 2.24) is 0 Å². The van der Waals surface area contributed by atoms with Crippen LogP contribution in [0.3, 0.4) is 0 Å². The summed E-state index contributed by atoms with van der Waals surface area (Å²) >= 11 is 0. The maximum absolute atomic E-state index is 9.76. The molecule has 1 fully saturated rings. The highest BCUT2D eigenvalue weighted by atomic mass is 16.7. The van der Waals surface area contributed by atoms with Crippen LogP contribution in [0.4, 0.5) is 0 Å². The van der Waals surface area contributed by atoms with Gasteiger partial charge >= 0.3 is 6.47 Å². The van der Waals surface area contributed by atoms with Crippen LogP contribution < -0.4 is 0 Å². The first-order valence-electron chi connectivity index (χ1n) is 3.58. The van der Waals surface area contributed by atoms with E-state index in [4.69, 9.17) is 4.74 Å². The van der Waals surface area contributed by atoms with Gasteiger partial charge in [0.15, 0.2) is 0 Å². The zero-order valence-corrected chi connectivity index (χ0v) is 5.84. The van der Waals surface area contributed by atoms with Crippen LogP contribution in [-0.2, 0) is 14.3 Å². The van der Waals surface area contributed by atoms with E-state index in [1.807, 2.05) is 0 Å². The molecule has 0 aromatic carbocycles. The lowest BCUT2D eigenvalue weighted by molar-refractivity contribution is -0.0859. The third kappa shape index (κ3) is 2.35. The van der Waals surface area contributed by atoms with Crippen LogP contribution in [0.25, 0.3) is 0 Å². The van der Waals surface area contributed by atoms with Crippen molar-refractivity contribution in [1.29, 1.82) is 0 Å². The maximum Gasteiger partial charge on any atom is 0.419 e. The van der Waals surface area contributed by atoms with Gasteiger partial charge in [-0.3, -0.25) is 0 Å². The lowest BCUT2D eigenvalue weighted by Crippen LogP contribution is -2.14. The molecular weight excluding hydrogens is 132 g/mol. The Morgan fingerprint density at radius 1 is 1.40 bits per heavy atom. The third-order valence-corrected chi connectivity index (χ3v) is 1.57. The van der Waals surface area contributed by atoms with Gasteiger partial charge in [-0.2, -0.15) is 0 Å². The first-order chi connectivity index (χ1) is 4.93. The van der Waals surface area contributed by atoms with Gasteiger partial charge in [0.25, 0.3) is 0 Å². The average molecular weight is 143 g/mol. The van der Waals surface area contributed by atoms with Crippen molar-refractivity contribution >= 4 is 6.47 Å². The predicted octanol–water partition coefficient (Wildman–Crippen LogP) is 0.987. The van der Waals surface area contributed by atoms with Gasteiger partial charge in [0.2, 0.25) is 6.29 Å². The predicted molar refractivity (Wildman–Crippen MR) is 35.0 cm³/mol. The first kappa shape index (κ1) is 7.54. The third-order valence-electron chi connectivity index (χ3n) is 1.57. The number of hydrogen-bond donors (Lipinski definition) is 0. The molecule has 0 N–H and O–H groups in total. The number of carbonyl (C=O) groups excluding carboxylic acids is 1. The zero-order chi connectivity index (χ0) is 7.23. The zero-order valence-electron chi connectivity index (χ0n) is 5.84. The summed E-state index contributed by atoms with van der Waals surface area (Å²) in [6.07, 6.45) is 3.79. The summed E-state index contributed by atoms with van der Waals surface area (Å²) in [6, 6.07) is 0. The molecule has 3 heteroatoms. The molecule has 57 valence electrons. The fraction of sp³-hybridized carbons (Fsp3) is 0.857. The minimum absolute atomic E-state index is 0.333. The van der Waals surface area contributed by atoms with E-state index in [9.17, 15) is 4.79 Å². The molecule has 0 bridgehead atoms. The summed E-state index contributed by atoms with van der Waals surface area (Å²) in [7, 11) is 0. The smallest absolute Gasteiger partial charge is 0.419 e. The quantitative estimate of drug-likeness (QED) is 0.578. The molecule has 1 rings (SSSR count). The Hall–Kier alpha value is -0.570. The van der Waals surface area contributed by atoms with E-state index in [0.717, 1.165) is 19.3 Å². The lowest BCUT2D eigenvalue weighted by atomic mass is 10.2. The molecule has 0 amide bonds. The highest BCUT2D eigenvalue weighted by molar-refractivity contribution is 5.38. The highest BCUT2D eigenvalue weighted by Crippen LogP contribution is 2.12. The van der Waals surface area contributed by atoms with Crippen molar-refractivity contribution in [2.24, 2.45) is 0 Å². The van der Waals surface area contributed by atoms with Crippen molar-refractivity contribution in [3.05, 3.63) is 0 Å². The van der Waals surface area contributed by atoms with Gasteiger partial charge in [0, 0.05) is 6.42 Å². The van der Waals surface area contributed by atoms with Crippen LogP contribution >= 0.6 is 0 Å². The van der Waals surface area contributed by atoms with E-state index in [1.165, 1.54) is 12.9 Å². The SMILES string of the molecule is O=[C]OC1CCCCCO1. The fourth-order valence-electron chi connectivity index (χ4n) is 1.03. The molecule has 1 aliphatic rings. The summed E-state index contributed by atoms with van der Waals surface area (Å²) in [5.41, 5.74) is 0. The molecule has 1 saturated heterocycles. The molecular formula is C7H11O3. The van der Waals surface area contributed by atoms with Crippen LogP contribution in [0.1, 0.15) is 25.7 Å². The first-order valence-corrected chi connectivity index (χ1v) is 3.58. The molecule has 1 heterocycles. The van der Waals surface area contributed by atoms with Gasteiger partial charge in [0.05, 0.1) is 6.61 Å². The summed E-state index contributed by atoms with van der Waals surface area (Å²) < 4.78 is 9.69. The monoisotopic (exact) mass is 143 g/mol. The van der Waals surface area contributed by atoms with E-state index < -0.39 is 0 Å². The summed E-state index contributed by atoms with van der Waals surface area (Å²) in [5, 5.41) is 0. The lowest BCUT2D eigenvalue weighted by Gasteiger charge is -2.10. The van der Waals surface area contributed by atoms with Gasteiger partial charge in [-0.1, -0.05) is 6.42 Å². The second-order valence-electron chi connectivity index (χ2n) is 2.35. The van der Waals surface area contributed by atoms with Gasteiger partial charge < -0.3 is 9.47 Å². The molecule has 0 spiro atoms. The number of rotatable bonds is 2. The van der Waals surface area contributed by atoms with Gasteiger partial charge in [0.1, 0.15) is 0 Å². The molecule has 0 aliphatic carbocycles. The highest BCUT2D eigenvalue weighted by Gasteiger charge is 2.12. The fourth-order valence-corrected chi connectivity index (χ4v) is 1.03. The summed E-state index contributed by atoms with van der Waals surface area (Å²) in [6.45, 7) is 2.09. The molecule has 0 aromatic heterocycles. The van der Waals surface area contributed by atoms with E-state index in [2.05, 4.69) is 4.74 Å². The van der Waals surface area contributed by atoms with Gasteiger partial charge in [-0.25, -0.2) is 4.79 Å². The number of ether oxygens (including phenoxy) is 2. The number of hydrogen-bond acceptors (Lipinski definition) is 3. The normalized spacial score (nSPS) is 27.0. The van der Waals surface area contributed by atoms with Crippen LogP contribution in [0.5, 0.6) is 0 Å². The molecule has 1 unspecified atom stereocenters. The Labute approximate surface area is 60.3 Å². The van der Waals surface area contributed by atoms with E-state index in [0.29, 0.717) is 6.61 Å². The van der Waals surface area contributed by atoms with Crippen molar-refractivity contribution in [2.45, 2.75) is 32.0 Å². The Balaban J connectivity index is 2.21. The van der Waals surface area contributed by atoms with Crippen molar-refractivity contribution < 1.29 is 14.3 Å². The molecule has 0 saturated carbocycles. The van der Waals surface area contributed by atoms with Crippen molar-refractivity contribution in [3.8, 4) is 0 Å². The second-order valence-corrected chi connectivity index (χ2v) is 2.35. The molecule has 1 radical (unpaired) electrons. The van der Waals surface area contributed by atoms with Crippen LogP contribution in [0.15, 0.2) is 0 Å².